The number of halogens is 1. The normalized spacial score (nSPS) is 10.7. The predicted molar refractivity (Wildman–Crippen MR) is 77.2 cm³/mol. The standard InChI is InChI=1S/C15H11ClOS/c16-13-6-8-14(9-7-13)18-11-10-15(17)12-4-2-1-3-5-12/h1-11H. The van der Waals surface area contributed by atoms with Crippen molar-refractivity contribution in [1.29, 1.82) is 0 Å². The number of hydrogen-bond donors (Lipinski definition) is 0. The molecule has 0 aliphatic rings. The average Bonchev–Trinajstić information content (AvgIpc) is 2.42. The van der Waals surface area contributed by atoms with E-state index in [0.717, 1.165) is 4.90 Å². The van der Waals surface area contributed by atoms with Crippen LogP contribution < -0.4 is 0 Å². The fourth-order valence-corrected chi connectivity index (χ4v) is 2.15. The minimum Gasteiger partial charge on any atom is -0.289 e. The number of hydrogen-bond acceptors (Lipinski definition) is 2. The van der Waals surface area contributed by atoms with Gasteiger partial charge in [0, 0.05) is 15.5 Å². The maximum Gasteiger partial charge on any atom is 0.186 e. The Bertz CT molecular complexity index is 546. The van der Waals surface area contributed by atoms with Gasteiger partial charge in [-0.25, -0.2) is 0 Å². The van der Waals surface area contributed by atoms with Gasteiger partial charge < -0.3 is 0 Å². The molecule has 90 valence electrons. The molecule has 2 rings (SSSR count). The van der Waals surface area contributed by atoms with Gasteiger partial charge in [0.25, 0.3) is 0 Å². The lowest BCUT2D eigenvalue weighted by atomic mass is 10.1. The van der Waals surface area contributed by atoms with Crippen LogP contribution in [0.1, 0.15) is 10.4 Å². The lowest BCUT2D eigenvalue weighted by Gasteiger charge is -1.96. The Kier molecular flexibility index (Phi) is 4.62. The van der Waals surface area contributed by atoms with E-state index >= 15 is 0 Å². The number of carbonyl (C=O) groups is 1. The Morgan fingerprint density at radius 3 is 2.33 bits per heavy atom. The molecule has 0 unspecified atom stereocenters. The van der Waals surface area contributed by atoms with E-state index in [2.05, 4.69) is 0 Å². The summed E-state index contributed by atoms with van der Waals surface area (Å²) in [7, 11) is 0. The molecular weight excluding hydrogens is 264 g/mol. The predicted octanol–water partition coefficient (Wildman–Crippen LogP) is 4.83. The third-order valence-electron chi connectivity index (χ3n) is 2.30. The molecule has 0 atom stereocenters. The molecule has 0 fully saturated rings. The number of thioether (sulfide) groups is 1. The van der Waals surface area contributed by atoms with E-state index in [4.69, 9.17) is 11.6 Å². The van der Waals surface area contributed by atoms with Gasteiger partial charge in [-0.05, 0) is 35.7 Å². The van der Waals surface area contributed by atoms with Crippen LogP contribution in [0.5, 0.6) is 0 Å². The summed E-state index contributed by atoms with van der Waals surface area (Å²) in [6.45, 7) is 0. The van der Waals surface area contributed by atoms with Crippen LogP contribution in [-0.2, 0) is 0 Å². The van der Waals surface area contributed by atoms with E-state index in [-0.39, 0.29) is 5.78 Å². The zero-order valence-electron chi connectivity index (χ0n) is 9.55. The van der Waals surface area contributed by atoms with Crippen molar-refractivity contribution in [1.82, 2.24) is 0 Å². The quantitative estimate of drug-likeness (QED) is 0.451. The van der Waals surface area contributed by atoms with Crippen molar-refractivity contribution >= 4 is 29.1 Å². The highest BCUT2D eigenvalue weighted by molar-refractivity contribution is 8.02. The summed E-state index contributed by atoms with van der Waals surface area (Å²) < 4.78 is 0. The Labute approximate surface area is 115 Å². The Morgan fingerprint density at radius 2 is 1.67 bits per heavy atom. The molecule has 3 heteroatoms. The highest BCUT2D eigenvalue weighted by Gasteiger charge is 1.99. The third kappa shape index (κ3) is 3.76. The van der Waals surface area contributed by atoms with Crippen molar-refractivity contribution in [2.75, 3.05) is 0 Å². The fraction of sp³-hybridized carbons (Fsp3) is 0. The maximum atomic E-state index is 11.8. The number of benzene rings is 2. The van der Waals surface area contributed by atoms with Crippen LogP contribution in [-0.4, -0.2) is 5.78 Å². The summed E-state index contributed by atoms with van der Waals surface area (Å²) in [5.41, 5.74) is 0.699. The smallest absolute Gasteiger partial charge is 0.186 e. The molecule has 18 heavy (non-hydrogen) atoms. The second-order valence-electron chi connectivity index (χ2n) is 3.60. The van der Waals surface area contributed by atoms with Crippen molar-refractivity contribution in [3.63, 3.8) is 0 Å². The molecule has 2 aromatic carbocycles. The molecule has 0 saturated heterocycles. The van der Waals surface area contributed by atoms with Crippen molar-refractivity contribution in [2.24, 2.45) is 0 Å². The van der Waals surface area contributed by atoms with Crippen molar-refractivity contribution in [2.45, 2.75) is 4.90 Å². The zero-order valence-corrected chi connectivity index (χ0v) is 11.1. The SMILES string of the molecule is O=C(C=CSc1ccc(Cl)cc1)c1ccccc1. The number of allylic oxidation sites excluding steroid dienone is 1. The molecule has 0 aromatic heterocycles. The van der Waals surface area contributed by atoms with Crippen LogP contribution in [0.3, 0.4) is 0 Å². The zero-order chi connectivity index (χ0) is 12.8. The summed E-state index contributed by atoms with van der Waals surface area (Å²) in [6.07, 6.45) is 1.58. The first kappa shape index (κ1) is 12.9. The van der Waals surface area contributed by atoms with E-state index in [9.17, 15) is 4.79 Å². The third-order valence-corrected chi connectivity index (χ3v) is 3.36. The van der Waals surface area contributed by atoms with Gasteiger partial charge >= 0.3 is 0 Å². The molecule has 0 N–H and O–H groups in total. The molecule has 0 radical (unpaired) electrons. The lowest BCUT2D eigenvalue weighted by Crippen LogP contribution is -1.92. The van der Waals surface area contributed by atoms with Crippen molar-refractivity contribution < 1.29 is 4.79 Å². The minimum absolute atomic E-state index is 0.0112. The molecular formula is C15H11ClOS. The summed E-state index contributed by atoms with van der Waals surface area (Å²) in [4.78, 5) is 12.8. The van der Waals surface area contributed by atoms with Crippen LogP contribution in [0.2, 0.25) is 5.02 Å². The molecule has 0 saturated carbocycles. The van der Waals surface area contributed by atoms with Crippen molar-refractivity contribution in [3.8, 4) is 0 Å². The van der Waals surface area contributed by atoms with Gasteiger partial charge in [0.2, 0.25) is 0 Å². The maximum absolute atomic E-state index is 11.8. The fourth-order valence-electron chi connectivity index (χ4n) is 1.39. The second-order valence-corrected chi connectivity index (χ2v) is 5.02. The van der Waals surface area contributed by atoms with Gasteiger partial charge in [0.1, 0.15) is 0 Å². The molecule has 0 bridgehead atoms. The van der Waals surface area contributed by atoms with Gasteiger partial charge in [-0.15, -0.1) is 0 Å². The van der Waals surface area contributed by atoms with E-state index in [1.165, 1.54) is 11.8 Å². The number of carbonyl (C=O) groups excluding carboxylic acids is 1. The van der Waals surface area contributed by atoms with E-state index in [0.29, 0.717) is 10.6 Å². The van der Waals surface area contributed by atoms with Gasteiger partial charge in [0.05, 0.1) is 0 Å². The minimum atomic E-state index is 0.0112. The summed E-state index contributed by atoms with van der Waals surface area (Å²) in [5.74, 6) is 0.0112. The van der Waals surface area contributed by atoms with Crippen LogP contribution in [0, 0.1) is 0 Å². The molecule has 0 spiro atoms. The Balaban J connectivity index is 1.96. The molecule has 0 heterocycles. The van der Waals surface area contributed by atoms with Gasteiger partial charge in [-0.3, -0.25) is 4.79 Å². The Hall–Kier alpha value is -1.51. The van der Waals surface area contributed by atoms with Crippen LogP contribution in [0.15, 0.2) is 71.0 Å². The van der Waals surface area contributed by atoms with Crippen molar-refractivity contribution in [3.05, 3.63) is 76.7 Å². The first-order chi connectivity index (χ1) is 8.75. The number of rotatable bonds is 4. The highest BCUT2D eigenvalue weighted by atomic mass is 35.5. The first-order valence-electron chi connectivity index (χ1n) is 5.44. The van der Waals surface area contributed by atoms with E-state index in [1.807, 2.05) is 42.5 Å². The lowest BCUT2D eigenvalue weighted by molar-refractivity contribution is 0.104. The molecule has 2 aromatic rings. The second kappa shape index (κ2) is 6.43. The average molecular weight is 275 g/mol. The monoisotopic (exact) mass is 274 g/mol. The molecule has 0 amide bonds. The summed E-state index contributed by atoms with van der Waals surface area (Å²) in [5, 5.41) is 2.50. The van der Waals surface area contributed by atoms with Crippen LogP contribution in [0.25, 0.3) is 0 Å². The summed E-state index contributed by atoms with van der Waals surface area (Å²) in [6, 6.07) is 16.7. The largest absolute Gasteiger partial charge is 0.289 e. The summed E-state index contributed by atoms with van der Waals surface area (Å²) >= 11 is 7.29. The molecule has 1 nitrogen and oxygen atoms in total. The Morgan fingerprint density at radius 1 is 1.00 bits per heavy atom. The highest BCUT2D eigenvalue weighted by Crippen LogP contribution is 2.21. The first-order valence-corrected chi connectivity index (χ1v) is 6.69. The molecule has 0 aliphatic carbocycles. The number of ketones is 1. The van der Waals surface area contributed by atoms with Gasteiger partial charge in [-0.1, -0.05) is 53.7 Å². The van der Waals surface area contributed by atoms with Crippen LogP contribution >= 0.6 is 23.4 Å². The van der Waals surface area contributed by atoms with E-state index < -0.39 is 0 Å². The van der Waals surface area contributed by atoms with E-state index in [1.54, 1.807) is 23.6 Å². The van der Waals surface area contributed by atoms with Gasteiger partial charge in [-0.2, -0.15) is 0 Å². The molecule has 0 aliphatic heterocycles. The topological polar surface area (TPSA) is 17.1 Å². The van der Waals surface area contributed by atoms with Gasteiger partial charge in [0.15, 0.2) is 5.78 Å². The van der Waals surface area contributed by atoms with Crippen LogP contribution in [0.4, 0.5) is 0 Å².